The Balaban J connectivity index is 0.000000240. The molecule has 0 amide bonds. The minimum absolute atomic E-state index is 0. The van der Waals surface area contributed by atoms with Gasteiger partial charge in [0.05, 0.1) is 0 Å². The van der Waals surface area contributed by atoms with Crippen molar-refractivity contribution in [2.45, 2.75) is 79.6 Å². The second-order valence-corrected chi connectivity index (χ2v) is 11.4. The van der Waals surface area contributed by atoms with Crippen LogP contribution in [0, 0.1) is 33.5 Å². The van der Waals surface area contributed by atoms with Crippen molar-refractivity contribution in [3.05, 3.63) is 22.7 Å². The fourth-order valence-electron chi connectivity index (χ4n) is 6.56. The molecular formula is C24H28BaF6O4. The van der Waals surface area contributed by atoms with Gasteiger partial charge in [-0.25, -0.2) is 0 Å². The van der Waals surface area contributed by atoms with Gasteiger partial charge in [0.1, 0.15) is 0 Å². The third-order valence-electron chi connectivity index (χ3n) is 9.65. The molecule has 4 fully saturated rings. The van der Waals surface area contributed by atoms with E-state index in [1.807, 2.05) is 0 Å². The van der Waals surface area contributed by atoms with Gasteiger partial charge in [-0.2, -0.15) is 26.3 Å². The number of fused-ring (bicyclic) bond motifs is 4. The number of ketones is 2. The van der Waals surface area contributed by atoms with E-state index in [4.69, 9.17) is 0 Å². The molecule has 4 saturated carbocycles. The number of Topliss-reactive ketones (excluding diaryl/α,β-unsaturated/α-hetero) is 2. The normalized spacial score (nSPS) is 37.6. The molecule has 4 bridgehead atoms. The molecule has 4 atom stereocenters. The zero-order valence-corrected chi connectivity index (χ0v) is 25.0. The predicted octanol–water partition coefficient (Wildman–Crippen LogP) is 4.00. The molecule has 0 aromatic rings. The van der Waals surface area contributed by atoms with E-state index in [-0.39, 0.29) is 48.9 Å². The molecule has 4 nitrogen and oxygen atoms in total. The SMILES string of the molecule is CC1(C)C2CC[C@@]1(C)C(=O)C2=C([O-])C(F)(F)F.CC1(C)C2CC[C@@]1(C)C(=O)C2=C([O-])C(F)(F)F.[Ba+2]. The zero-order valence-electron chi connectivity index (χ0n) is 20.6. The first-order valence-corrected chi connectivity index (χ1v) is 11.1. The zero-order chi connectivity index (χ0) is 26.4. The van der Waals surface area contributed by atoms with Gasteiger partial charge in [-0.1, -0.05) is 41.5 Å². The van der Waals surface area contributed by atoms with Crippen molar-refractivity contribution in [1.82, 2.24) is 0 Å². The fraction of sp³-hybridized carbons (Fsp3) is 0.750. The van der Waals surface area contributed by atoms with E-state index in [1.54, 1.807) is 41.5 Å². The van der Waals surface area contributed by atoms with Crippen molar-refractivity contribution < 1.29 is 46.1 Å². The van der Waals surface area contributed by atoms with Crippen LogP contribution in [0.25, 0.3) is 0 Å². The molecule has 0 aromatic carbocycles. The largest absolute Gasteiger partial charge is 2.00 e. The number of hydrogen-bond acceptors (Lipinski definition) is 4. The molecule has 4 aliphatic rings. The number of carbonyl (C=O) groups excluding carboxylic acids is 2. The van der Waals surface area contributed by atoms with Gasteiger partial charge >= 0.3 is 61.2 Å². The molecule has 4 rings (SSSR count). The number of carbonyl (C=O) groups is 2. The standard InChI is InChI=1S/2C12H15F3O2.Ba/c2*1-10(2)6-4-5-11(10,3)8(16)7(6)9(17)12(13,14)15;/h2*6,17H,4-5H2,1-3H3;/q;;+2/p-2/t2*6?,11-;/m00./s1. The van der Waals surface area contributed by atoms with Crippen molar-refractivity contribution in [1.29, 1.82) is 0 Å². The van der Waals surface area contributed by atoms with Gasteiger partial charge in [0, 0.05) is 10.8 Å². The van der Waals surface area contributed by atoms with Gasteiger partial charge < -0.3 is 10.2 Å². The van der Waals surface area contributed by atoms with Gasteiger partial charge in [0.25, 0.3) is 0 Å². The van der Waals surface area contributed by atoms with Crippen LogP contribution in [-0.4, -0.2) is 72.8 Å². The number of halogens is 6. The van der Waals surface area contributed by atoms with Gasteiger partial charge in [-0.05, 0) is 71.0 Å². The third kappa shape index (κ3) is 4.17. The summed E-state index contributed by atoms with van der Waals surface area (Å²) in [6.45, 7) is 10.5. The molecule has 11 heteroatoms. The summed E-state index contributed by atoms with van der Waals surface area (Å²) < 4.78 is 74.7. The maximum Gasteiger partial charge on any atom is 2.00 e. The van der Waals surface area contributed by atoms with Crippen molar-refractivity contribution in [3.8, 4) is 0 Å². The van der Waals surface area contributed by atoms with Crippen LogP contribution in [0.1, 0.15) is 67.2 Å². The van der Waals surface area contributed by atoms with Crippen molar-refractivity contribution in [2.75, 3.05) is 0 Å². The summed E-state index contributed by atoms with van der Waals surface area (Å²) in [4.78, 5) is 24.1. The molecule has 0 N–H and O–H groups in total. The molecule has 0 saturated heterocycles. The van der Waals surface area contributed by atoms with E-state index in [9.17, 15) is 46.1 Å². The van der Waals surface area contributed by atoms with Gasteiger partial charge in [-0.3, -0.25) is 9.59 Å². The number of rotatable bonds is 0. The van der Waals surface area contributed by atoms with E-state index in [0.717, 1.165) is 0 Å². The predicted molar refractivity (Wildman–Crippen MR) is 111 cm³/mol. The van der Waals surface area contributed by atoms with Crippen LogP contribution in [-0.2, 0) is 9.59 Å². The minimum atomic E-state index is -4.94. The second-order valence-electron chi connectivity index (χ2n) is 11.4. The Labute approximate surface area is 240 Å². The molecule has 192 valence electrons. The maximum atomic E-state index is 12.5. The van der Waals surface area contributed by atoms with Crippen LogP contribution in [0.3, 0.4) is 0 Å². The Morgan fingerprint density at radius 3 is 1.11 bits per heavy atom. The number of hydrogen-bond donors (Lipinski definition) is 0. The van der Waals surface area contributed by atoms with Gasteiger partial charge in [0.2, 0.25) is 0 Å². The minimum Gasteiger partial charge on any atom is -0.869 e. The van der Waals surface area contributed by atoms with Crippen LogP contribution in [0.5, 0.6) is 0 Å². The Kier molecular flexibility index (Phi) is 7.75. The molecular weight excluding hydrogens is 604 g/mol. The first-order valence-electron chi connectivity index (χ1n) is 11.1. The summed E-state index contributed by atoms with van der Waals surface area (Å²) >= 11 is 0. The van der Waals surface area contributed by atoms with Gasteiger partial charge in [0.15, 0.2) is 11.6 Å². The first-order chi connectivity index (χ1) is 15.1. The molecule has 35 heavy (non-hydrogen) atoms. The Hall–Kier alpha value is -0.429. The molecule has 4 aliphatic carbocycles. The fourth-order valence-corrected chi connectivity index (χ4v) is 6.56. The molecule has 0 aliphatic heterocycles. The third-order valence-corrected chi connectivity index (χ3v) is 9.65. The van der Waals surface area contributed by atoms with Gasteiger partial charge in [-0.15, -0.1) is 0 Å². The average molecular weight is 632 g/mol. The van der Waals surface area contributed by atoms with Crippen LogP contribution in [0.2, 0.25) is 0 Å². The summed E-state index contributed by atoms with van der Waals surface area (Å²) in [5.74, 6) is -6.17. The molecule has 2 unspecified atom stereocenters. The number of alkyl halides is 6. The van der Waals surface area contributed by atoms with Crippen LogP contribution >= 0.6 is 0 Å². The summed E-state index contributed by atoms with van der Waals surface area (Å²) in [5.41, 5.74) is -3.77. The van der Waals surface area contributed by atoms with E-state index >= 15 is 0 Å². The quantitative estimate of drug-likeness (QED) is 0.175. The maximum absolute atomic E-state index is 12.5. The Morgan fingerprint density at radius 1 is 0.686 bits per heavy atom. The first kappa shape index (κ1) is 30.8. The summed E-state index contributed by atoms with van der Waals surface area (Å²) in [5, 5.41) is 22.6. The Bertz CT molecular complexity index is 926. The van der Waals surface area contributed by atoms with E-state index in [1.165, 1.54) is 0 Å². The van der Waals surface area contributed by atoms with Crippen molar-refractivity contribution in [3.63, 3.8) is 0 Å². The molecule has 0 radical (unpaired) electrons. The Morgan fingerprint density at radius 2 is 0.943 bits per heavy atom. The topological polar surface area (TPSA) is 80.3 Å². The van der Waals surface area contributed by atoms with Crippen molar-refractivity contribution in [2.24, 2.45) is 33.5 Å². The second kappa shape index (κ2) is 8.81. The van der Waals surface area contributed by atoms with Crippen LogP contribution in [0.15, 0.2) is 22.7 Å². The summed E-state index contributed by atoms with van der Waals surface area (Å²) in [7, 11) is 0. The van der Waals surface area contributed by atoms with Crippen LogP contribution in [0.4, 0.5) is 26.3 Å². The van der Waals surface area contributed by atoms with Crippen molar-refractivity contribution >= 4 is 60.4 Å². The molecule has 0 heterocycles. The van der Waals surface area contributed by atoms with E-state index in [0.29, 0.717) is 25.7 Å². The molecule has 0 aromatic heterocycles. The molecule has 0 spiro atoms. The smallest absolute Gasteiger partial charge is 0.869 e. The van der Waals surface area contributed by atoms with E-state index < -0.39 is 80.1 Å². The monoisotopic (exact) mass is 632 g/mol. The van der Waals surface area contributed by atoms with Crippen LogP contribution < -0.4 is 10.2 Å². The average Bonchev–Trinajstić information content (AvgIpc) is 3.16. The summed E-state index contributed by atoms with van der Waals surface area (Å²) in [6, 6.07) is 0. The number of allylic oxidation sites excluding steroid dienone is 4. The summed E-state index contributed by atoms with van der Waals surface area (Å²) in [6.07, 6.45) is -7.76. The van der Waals surface area contributed by atoms with E-state index in [2.05, 4.69) is 0 Å².